The van der Waals surface area contributed by atoms with E-state index in [1.807, 2.05) is 31.1 Å². The highest BCUT2D eigenvalue weighted by molar-refractivity contribution is 5.31. The lowest BCUT2D eigenvalue weighted by Gasteiger charge is -2.27. The fraction of sp³-hybridized carbons (Fsp3) is 0.538. The Kier molecular flexibility index (Phi) is 4.93. The number of likely N-dealkylation sites (N-methyl/N-ethyl adjacent to an activating group) is 1. The number of para-hydroxylation sites is 1. The smallest absolute Gasteiger partial charge is 0.120 e. The summed E-state index contributed by atoms with van der Waals surface area (Å²) >= 11 is 0. The Balaban J connectivity index is 2.40. The van der Waals surface area contributed by atoms with Gasteiger partial charge < -0.3 is 20.4 Å². The van der Waals surface area contributed by atoms with E-state index in [1.165, 1.54) is 0 Å². The molecule has 1 aromatic carbocycles. The molecule has 0 aliphatic rings. The molecule has 96 valence electrons. The highest BCUT2D eigenvalue weighted by atomic mass is 16.3. The standard InChI is InChI=1S/C13H22N2O2/c1-13(17,10-15(2)3)9-14-8-11-6-4-5-7-12(11)16/h4-7,14,16-17H,8-10H2,1-3H3. The molecule has 0 saturated heterocycles. The molecule has 1 rings (SSSR count). The molecule has 0 radical (unpaired) electrons. The van der Waals surface area contributed by atoms with Crippen molar-refractivity contribution in [2.45, 2.75) is 19.1 Å². The first-order valence-electron chi connectivity index (χ1n) is 5.75. The van der Waals surface area contributed by atoms with E-state index in [9.17, 15) is 10.2 Å². The number of hydrogen-bond donors (Lipinski definition) is 3. The maximum absolute atomic E-state index is 10.1. The van der Waals surface area contributed by atoms with Crippen LogP contribution in [0.25, 0.3) is 0 Å². The van der Waals surface area contributed by atoms with Crippen molar-refractivity contribution in [1.29, 1.82) is 0 Å². The van der Waals surface area contributed by atoms with Crippen LogP contribution in [-0.2, 0) is 6.54 Å². The predicted molar refractivity (Wildman–Crippen MR) is 69.0 cm³/mol. The van der Waals surface area contributed by atoms with Crippen molar-refractivity contribution in [3.05, 3.63) is 29.8 Å². The molecule has 17 heavy (non-hydrogen) atoms. The molecule has 0 aliphatic carbocycles. The summed E-state index contributed by atoms with van der Waals surface area (Å²) in [6.07, 6.45) is 0. The van der Waals surface area contributed by atoms with E-state index in [-0.39, 0.29) is 5.75 Å². The zero-order chi connectivity index (χ0) is 12.9. The first kappa shape index (κ1) is 14.0. The number of phenols is 1. The molecule has 0 saturated carbocycles. The predicted octanol–water partition coefficient (Wildman–Crippen LogP) is 0.794. The Morgan fingerprint density at radius 2 is 1.94 bits per heavy atom. The molecule has 0 fully saturated rings. The maximum Gasteiger partial charge on any atom is 0.120 e. The summed E-state index contributed by atoms with van der Waals surface area (Å²) in [7, 11) is 3.86. The van der Waals surface area contributed by atoms with Gasteiger partial charge in [-0.1, -0.05) is 18.2 Å². The molecular weight excluding hydrogens is 216 g/mol. The van der Waals surface area contributed by atoms with Gasteiger partial charge >= 0.3 is 0 Å². The molecule has 0 aliphatic heterocycles. The third kappa shape index (κ3) is 5.17. The van der Waals surface area contributed by atoms with Gasteiger partial charge in [0, 0.05) is 25.2 Å². The number of aromatic hydroxyl groups is 1. The van der Waals surface area contributed by atoms with Crippen LogP contribution in [0, 0.1) is 0 Å². The summed E-state index contributed by atoms with van der Waals surface area (Å²) in [5, 5.41) is 22.8. The van der Waals surface area contributed by atoms with Gasteiger partial charge in [0.25, 0.3) is 0 Å². The van der Waals surface area contributed by atoms with Crippen LogP contribution < -0.4 is 5.32 Å². The van der Waals surface area contributed by atoms with Gasteiger partial charge in [-0.05, 0) is 27.1 Å². The van der Waals surface area contributed by atoms with E-state index in [2.05, 4.69) is 5.32 Å². The minimum absolute atomic E-state index is 0.284. The molecule has 0 aromatic heterocycles. The van der Waals surface area contributed by atoms with Crippen molar-refractivity contribution >= 4 is 0 Å². The summed E-state index contributed by atoms with van der Waals surface area (Å²) in [5.74, 6) is 0.284. The fourth-order valence-electron chi connectivity index (χ4n) is 1.86. The summed E-state index contributed by atoms with van der Waals surface area (Å²) in [6.45, 7) is 3.43. The first-order chi connectivity index (χ1) is 7.91. The number of nitrogens with zero attached hydrogens (tertiary/aromatic N) is 1. The van der Waals surface area contributed by atoms with Gasteiger partial charge in [0.15, 0.2) is 0 Å². The van der Waals surface area contributed by atoms with Crippen molar-refractivity contribution in [2.24, 2.45) is 0 Å². The van der Waals surface area contributed by atoms with Gasteiger partial charge in [-0.3, -0.25) is 0 Å². The molecule has 3 N–H and O–H groups in total. The summed E-state index contributed by atoms with van der Waals surface area (Å²) in [4.78, 5) is 1.95. The van der Waals surface area contributed by atoms with Gasteiger partial charge in [0.05, 0.1) is 5.60 Å². The second-order valence-corrected chi connectivity index (χ2v) is 4.97. The van der Waals surface area contributed by atoms with Crippen LogP contribution in [0.1, 0.15) is 12.5 Å². The highest BCUT2D eigenvalue weighted by Gasteiger charge is 2.20. The minimum Gasteiger partial charge on any atom is -0.508 e. The Hall–Kier alpha value is -1.10. The van der Waals surface area contributed by atoms with Gasteiger partial charge in [0.2, 0.25) is 0 Å². The topological polar surface area (TPSA) is 55.7 Å². The Morgan fingerprint density at radius 1 is 1.29 bits per heavy atom. The number of phenolic OH excluding ortho intramolecular Hbond substituents is 1. The molecule has 0 heterocycles. The van der Waals surface area contributed by atoms with Crippen LogP contribution >= 0.6 is 0 Å². The third-order valence-corrected chi connectivity index (χ3v) is 2.47. The number of nitrogens with one attached hydrogen (secondary N) is 1. The quantitative estimate of drug-likeness (QED) is 0.686. The monoisotopic (exact) mass is 238 g/mol. The molecule has 1 atom stereocenters. The van der Waals surface area contributed by atoms with Gasteiger partial charge in [-0.25, -0.2) is 0 Å². The summed E-state index contributed by atoms with van der Waals surface area (Å²) in [6, 6.07) is 7.20. The van der Waals surface area contributed by atoms with E-state index >= 15 is 0 Å². The molecule has 1 aromatic rings. The van der Waals surface area contributed by atoms with Gasteiger partial charge in [0.1, 0.15) is 5.75 Å². The van der Waals surface area contributed by atoms with E-state index in [0.29, 0.717) is 19.6 Å². The van der Waals surface area contributed by atoms with Crippen LogP contribution in [0.2, 0.25) is 0 Å². The normalized spacial score (nSPS) is 14.9. The molecule has 4 nitrogen and oxygen atoms in total. The molecule has 1 unspecified atom stereocenters. The average Bonchev–Trinajstić information content (AvgIpc) is 2.18. The average molecular weight is 238 g/mol. The second kappa shape index (κ2) is 6.00. The Morgan fingerprint density at radius 3 is 2.53 bits per heavy atom. The lowest BCUT2D eigenvalue weighted by molar-refractivity contribution is 0.0335. The highest BCUT2D eigenvalue weighted by Crippen LogP contribution is 2.15. The third-order valence-electron chi connectivity index (χ3n) is 2.47. The largest absolute Gasteiger partial charge is 0.508 e. The molecule has 0 bridgehead atoms. The van der Waals surface area contributed by atoms with Crippen LogP contribution in [0.15, 0.2) is 24.3 Å². The lowest BCUT2D eigenvalue weighted by atomic mass is 10.1. The summed E-state index contributed by atoms with van der Waals surface area (Å²) in [5.41, 5.74) is 0.0709. The molecular formula is C13H22N2O2. The van der Waals surface area contributed by atoms with E-state index < -0.39 is 5.60 Å². The molecule has 4 heteroatoms. The SMILES string of the molecule is CN(C)CC(C)(O)CNCc1ccccc1O. The first-order valence-corrected chi connectivity index (χ1v) is 5.75. The van der Waals surface area contributed by atoms with E-state index in [4.69, 9.17) is 0 Å². The lowest BCUT2D eigenvalue weighted by Crippen LogP contribution is -2.45. The van der Waals surface area contributed by atoms with Crippen molar-refractivity contribution < 1.29 is 10.2 Å². The van der Waals surface area contributed by atoms with E-state index in [0.717, 1.165) is 5.56 Å². The van der Waals surface area contributed by atoms with Crippen molar-refractivity contribution in [2.75, 3.05) is 27.2 Å². The van der Waals surface area contributed by atoms with Crippen LogP contribution in [0.4, 0.5) is 0 Å². The number of aliphatic hydroxyl groups is 1. The van der Waals surface area contributed by atoms with Gasteiger partial charge in [-0.2, -0.15) is 0 Å². The number of rotatable bonds is 6. The Labute approximate surface area is 103 Å². The van der Waals surface area contributed by atoms with Crippen molar-refractivity contribution in [3.8, 4) is 5.75 Å². The summed E-state index contributed by atoms with van der Waals surface area (Å²) < 4.78 is 0. The number of hydrogen-bond acceptors (Lipinski definition) is 4. The zero-order valence-corrected chi connectivity index (χ0v) is 10.8. The maximum atomic E-state index is 10.1. The van der Waals surface area contributed by atoms with Crippen LogP contribution in [0.3, 0.4) is 0 Å². The van der Waals surface area contributed by atoms with Crippen molar-refractivity contribution in [3.63, 3.8) is 0 Å². The van der Waals surface area contributed by atoms with Crippen LogP contribution in [-0.4, -0.2) is 47.9 Å². The van der Waals surface area contributed by atoms with Crippen molar-refractivity contribution in [1.82, 2.24) is 10.2 Å². The molecule has 0 amide bonds. The van der Waals surface area contributed by atoms with E-state index in [1.54, 1.807) is 19.1 Å². The van der Waals surface area contributed by atoms with Gasteiger partial charge in [-0.15, -0.1) is 0 Å². The minimum atomic E-state index is -0.770. The zero-order valence-electron chi connectivity index (χ0n) is 10.8. The molecule has 0 spiro atoms. The fourth-order valence-corrected chi connectivity index (χ4v) is 1.86. The second-order valence-electron chi connectivity index (χ2n) is 4.97. The number of benzene rings is 1. The Bertz CT molecular complexity index is 351. The van der Waals surface area contributed by atoms with Crippen LogP contribution in [0.5, 0.6) is 5.75 Å².